The largest absolute Gasteiger partial charge is 0.489 e. The Balaban J connectivity index is 2.20. The zero-order valence-corrected chi connectivity index (χ0v) is 12.4. The Morgan fingerprint density at radius 1 is 1.52 bits per heavy atom. The molecule has 0 aliphatic carbocycles. The van der Waals surface area contributed by atoms with E-state index in [1.807, 2.05) is 0 Å². The molecule has 1 amide bonds. The van der Waals surface area contributed by atoms with Gasteiger partial charge in [-0.15, -0.1) is 6.42 Å². The molecule has 0 radical (unpaired) electrons. The van der Waals surface area contributed by atoms with E-state index in [1.54, 1.807) is 6.07 Å². The molecule has 1 aliphatic heterocycles. The summed E-state index contributed by atoms with van der Waals surface area (Å²) in [6.07, 6.45) is 6.09. The monoisotopic (exact) mass is 309 g/mol. The minimum Gasteiger partial charge on any atom is -0.489 e. The third-order valence-electron chi connectivity index (χ3n) is 2.90. The summed E-state index contributed by atoms with van der Waals surface area (Å²) in [5.74, 6) is 3.04. The van der Waals surface area contributed by atoms with Crippen LogP contribution in [0.3, 0.4) is 0 Å². The van der Waals surface area contributed by atoms with E-state index in [4.69, 9.17) is 32.2 Å². The molecule has 1 N–H and O–H groups in total. The van der Waals surface area contributed by atoms with Gasteiger partial charge in [0.15, 0.2) is 11.5 Å². The molecule has 2 rings (SSSR count). The SMILES string of the molecule is C#CC(COC)NC(=O)c1cc(Cl)c2c(c1)OCCCO2. The minimum atomic E-state index is -0.503. The highest BCUT2D eigenvalue weighted by molar-refractivity contribution is 6.32. The number of hydrogen-bond donors (Lipinski definition) is 1. The highest BCUT2D eigenvalue weighted by Crippen LogP contribution is 2.37. The molecule has 1 heterocycles. The fourth-order valence-corrected chi connectivity index (χ4v) is 2.17. The van der Waals surface area contributed by atoms with Gasteiger partial charge in [-0.25, -0.2) is 0 Å². The highest BCUT2D eigenvalue weighted by atomic mass is 35.5. The number of nitrogens with one attached hydrogen (secondary N) is 1. The van der Waals surface area contributed by atoms with Gasteiger partial charge in [0.25, 0.3) is 5.91 Å². The van der Waals surface area contributed by atoms with Crippen LogP contribution in [0.4, 0.5) is 0 Å². The van der Waals surface area contributed by atoms with Crippen LogP contribution in [-0.4, -0.2) is 38.9 Å². The predicted octanol–water partition coefficient (Wildman–Crippen LogP) is 1.88. The summed E-state index contributed by atoms with van der Waals surface area (Å²) < 4.78 is 16.0. The van der Waals surface area contributed by atoms with Gasteiger partial charge in [0.05, 0.1) is 24.8 Å². The first kappa shape index (κ1) is 15.5. The van der Waals surface area contributed by atoms with Crippen molar-refractivity contribution in [2.75, 3.05) is 26.9 Å². The number of benzene rings is 1. The van der Waals surface area contributed by atoms with Crippen molar-refractivity contribution in [3.63, 3.8) is 0 Å². The number of carbonyl (C=O) groups excluding carboxylic acids is 1. The molecule has 1 aromatic rings. The quantitative estimate of drug-likeness (QED) is 0.863. The Labute approximate surface area is 128 Å². The molecule has 112 valence electrons. The first-order valence-electron chi connectivity index (χ1n) is 6.50. The van der Waals surface area contributed by atoms with Gasteiger partial charge < -0.3 is 19.5 Å². The van der Waals surface area contributed by atoms with Crippen LogP contribution in [0.1, 0.15) is 16.8 Å². The van der Waals surface area contributed by atoms with Gasteiger partial charge >= 0.3 is 0 Å². The van der Waals surface area contributed by atoms with Gasteiger partial charge in [-0.1, -0.05) is 17.5 Å². The molecule has 1 aliphatic rings. The lowest BCUT2D eigenvalue weighted by molar-refractivity contribution is 0.0918. The summed E-state index contributed by atoms with van der Waals surface area (Å²) in [5, 5.41) is 3.02. The molecular formula is C15H16ClNO4. The van der Waals surface area contributed by atoms with Crippen LogP contribution in [-0.2, 0) is 4.74 Å². The van der Waals surface area contributed by atoms with E-state index in [1.165, 1.54) is 13.2 Å². The Morgan fingerprint density at radius 2 is 2.29 bits per heavy atom. The maximum Gasteiger partial charge on any atom is 0.252 e. The van der Waals surface area contributed by atoms with E-state index in [-0.39, 0.29) is 12.5 Å². The second-order valence-corrected chi connectivity index (χ2v) is 4.89. The van der Waals surface area contributed by atoms with E-state index in [2.05, 4.69) is 11.2 Å². The Hall–Kier alpha value is -1.90. The number of carbonyl (C=O) groups is 1. The standard InChI is InChI=1S/C15H16ClNO4/c1-3-11(9-19-2)17-15(18)10-7-12(16)14-13(8-10)20-5-4-6-21-14/h1,7-8,11H,4-6,9H2,2H3,(H,17,18). The van der Waals surface area contributed by atoms with Crippen molar-refractivity contribution in [2.24, 2.45) is 0 Å². The molecule has 0 fully saturated rings. The molecule has 21 heavy (non-hydrogen) atoms. The maximum absolute atomic E-state index is 12.2. The van der Waals surface area contributed by atoms with Crippen LogP contribution in [0.25, 0.3) is 0 Å². The summed E-state index contributed by atoms with van der Waals surface area (Å²) in [4.78, 5) is 12.2. The van der Waals surface area contributed by atoms with Crippen LogP contribution in [0.5, 0.6) is 11.5 Å². The lowest BCUT2D eigenvalue weighted by Gasteiger charge is -2.14. The van der Waals surface area contributed by atoms with Crippen LogP contribution < -0.4 is 14.8 Å². The molecule has 1 atom stereocenters. The number of ether oxygens (including phenoxy) is 3. The lowest BCUT2D eigenvalue weighted by Crippen LogP contribution is -2.36. The van der Waals surface area contributed by atoms with E-state index >= 15 is 0 Å². The molecule has 5 nitrogen and oxygen atoms in total. The molecule has 0 saturated heterocycles. The maximum atomic E-state index is 12.2. The van der Waals surface area contributed by atoms with Gasteiger partial charge in [-0.05, 0) is 12.1 Å². The Morgan fingerprint density at radius 3 is 3.00 bits per heavy atom. The summed E-state index contributed by atoms with van der Waals surface area (Å²) in [5.41, 5.74) is 0.362. The number of methoxy groups -OCH3 is 1. The zero-order chi connectivity index (χ0) is 15.2. The van der Waals surface area contributed by atoms with Crippen molar-refractivity contribution in [3.8, 4) is 23.8 Å². The zero-order valence-electron chi connectivity index (χ0n) is 11.6. The summed E-state index contributed by atoms with van der Waals surface area (Å²) >= 11 is 6.15. The predicted molar refractivity (Wildman–Crippen MR) is 79.0 cm³/mol. The number of halogens is 1. The third-order valence-corrected chi connectivity index (χ3v) is 3.18. The summed E-state index contributed by atoms with van der Waals surface area (Å²) in [6, 6.07) is 2.63. The fraction of sp³-hybridized carbons (Fsp3) is 0.400. The fourth-order valence-electron chi connectivity index (χ4n) is 1.90. The van der Waals surface area contributed by atoms with Crippen LogP contribution in [0, 0.1) is 12.3 Å². The van der Waals surface area contributed by atoms with Gasteiger partial charge in [0.1, 0.15) is 6.04 Å². The van der Waals surface area contributed by atoms with Gasteiger partial charge in [-0.3, -0.25) is 4.79 Å². The first-order valence-corrected chi connectivity index (χ1v) is 6.88. The van der Waals surface area contributed by atoms with Crippen molar-refractivity contribution in [2.45, 2.75) is 12.5 Å². The van der Waals surface area contributed by atoms with E-state index < -0.39 is 6.04 Å². The van der Waals surface area contributed by atoms with Gasteiger partial charge in [0.2, 0.25) is 0 Å². The van der Waals surface area contributed by atoms with Gasteiger partial charge in [0, 0.05) is 19.1 Å². The average Bonchev–Trinajstić information content (AvgIpc) is 2.72. The Bertz CT molecular complexity index is 568. The molecule has 0 bridgehead atoms. The van der Waals surface area contributed by atoms with E-state index in [0.29, 0.717) is 35.3 Å². The molecule has 0 aromatic heterocycles. The molecular weight excluding hydrogens is 294 g/mol. The van der Waals surface area contributed by atoms with Crippen molar-refractivity contribution < 1.29 is 19.0 Å². The number of terminal acetylenes is 1. The Kier molecular flexibility index (Phi) is 5.32. The van der Waals surface area contributed by atoms with E-state index in [0.717, 1.165) is 6.42 Å². The molecule has 1 unspecified atom stereocenters. The van der Waals surface area contributed by atoms with Crippen LogP contribution in [0.15, 0.2) is 12.1 Å². The third kappa shape index (κ3) is 3.81. The molecule has 6 heteroatoms. The number of rotatable bonds is 4. The average molecular weight is 310 g/mol. The topological polar surface area (TPSA) is 56.8 Å². The van der Waals surface area contributed by atoms with Crippen molar-refractivity contribution in [1.82, 2.24) is 5.32 Å². The lowest BCUT2D eigenvalue weighted by atomic mass is 10.1. The molecule has 0 spiro atoms. The number of fused-ring (bicyclic) bond motifs is 1. The van der Waals surface area contributed by atoms with E-state index in [9.17, 15) is 4.79 Å². The molecule has 0 saturated carbocycles. The van der Waals surface area contributed by atoms with Gasteiger partial charge in [-0.2, -0.15) is 0 Å². The second-order valence-electron chi connectivity index (χ2n) is 4.48. The van der Waals surface area contributed by atoms with Crippen molar-refractivity contribution in [1.29, 1.82) is 0 Å². The normalized spacial score (nSPS) is 14.7. The smallest absolute Gasteiger partial charge is 0.252 e. The molecule has 1 aromatic carbocycles. The van der Waals surface area contributed by atoms with Crippen molar-refractivity contribution in [3.05, 3.63) is 22.7 Å². The minimum absolute atomic E-state index is 0.237. The summed E-state index contributed by atoms with van der Waals surface area (Å²) in [7, 11) is 1.51. The summed E-state index contributed by atoms with van der Waals surface area (Å²) in [6.45, 7) is 1.29. The second kappa shape index (κ2) is 7.21. The van der Waals surface area contributed by atoms with Crippen molar-refractivity contribution >= 4 is 17.5 Å². The number of amides is 1. The first-order chi connectivity index (χ1) is 10.2. The van der Waals surface area contributed by atoms with Crippen LogP contribution in [0.2, 0.25) is 5.02 Å². The van der Waals surface area contributed by atoms with Crippen LogP contribution >= 0.6 is 11.6 Å². The number of hydrogen-bond acceptors (Lipinski definition) is 4. The highest BCUT2D eigenvalue weighted by Gasteiger charge is 2.19.